The normalized spacial score (nSPS) is 9.86. The molecule has 0 aromatic heterocycles. The summed E-state index contributed by atoms with van der Waals surface area (Å²) in [5, 5.41) is 2.51. The summed E-state index contributed by atoms with van der Waals surface area (Å²) in [6.07, 6.45) is 0.572. The monoisotopic (exact) mass is 216 g/mol. The molecular formula is C9H10ClFN2O. The molecule has 0 aliphatic heterocycles. The van der Waals surface area contributed by atoms with Gasteiger partial charge in [0.1, 0.15) is 5.82 Å². The quantitative estimate of drug-likeness (QED) is 0.794. The van der Waals surface area contributed by atoms with Gasteiger partial charge in [-0.3, -0.25) is 0 Å². The standard InChI is InChI=1S/C9H10ClFN2O/c10-7-5-6(1-2-8(7)11)3-4-13-9(12)14/h1-2,5H,3-4H2,(H3,12,13,14). The van der Waals surface area contributed by atoms with Crippen molar-refractivity contribution in [3.8, 4) is 0 Å². The summed E-state index contributed by atoms with van der Waals surface area (Å²) in [4.78, 5) is 10.3. The molecule has 0 spiro atoms. The molecule has 3 N–H and O–H groups in total. The number of rotatable bonds is 3. The van der Waals surface area contributed by atoms with E-state index in [1.165, 1.54) is 12.1 Å². The molecule has 5 heteroatoms. The van der Waals surface area contributed by atoms with Crippen molar-refractivity contribution in [1.82, 2.24) is 5.32 Å². The van der Waals surface area contributed by atoms with Gasteiger partial charge in [0.05, 0.1) is 5.02 Å². The third-order valence-corrected chi connectivity index (χ3v) is 1.99. The predicted molar refractivity (Wildman–Crippen MR) is 52.7 cm³/mol. The van der Waals surface area contributed by atoms with Crippen LogP contribution < -0.4 is 11.1 Å². The van der Waals surface area contributed by atoms with Crippen molar-refractivity contribution >= 4 is 17.6 Å². The molecule has 76 valence electrons. The number of nitrogens with one attached hydrogen (secondary N) is 1. The van der Waals surface area contributed by atoms with Gasteiger partial charge in [-0.05, 0) is 24.1 Å². The molecule has 0 saturated carbocycles. The van der Waals surface area contributed by atoms with E-state index in [0.29, 0.717) is 13.0 Å². The first kappa shape index (κ1) is 10.8. The maximum absolute atomic E-state index is 12.7. The van der Waals surface area contributed by atoms with Crippen molar-refractivity contribution in [3.05, 3.63) is 34.6 Å². The number of benzene rings is 1. The molecular weight excluding hydrogens is 207 g/mol. The molecule has 14 heavy (non-hydrogen) atoms. The van der Waals surface area contributed by atoms with Gasteiger partial charge in [0.25, 0.3) is 0 Å². The Labute approximate surface area is 86.0 Å². The fraction of sp³-hybridized carbons (Fsp3) is 0.222. The minimum Gasteiger partial charge on any atom is -0.352 e. The maximum atomic E-state index is 12.7. The summed E-state index contributed by atoms with van der Waals surface area (Å²) in [5.41, 5.74) is 5.73. The number of carbonyl (C=O) groups excluding carboxylic acids is 1. The minimum atomic E-state index is -0.571. The van der Waals surface area contributed by atoms with E-state index in [-0.39, 0.29) is 5.02 Å². The lowest BCUT2D eigenvalue weighted by atomic mass is 10.1. The van der Waals surface area contributed by atoms with Gasteiger partial charge < -0.3 is 11.1 Å². The number of halogens is 2. The van der Waals surface area contributed by atoms with E-state index in [2.05, 4.69) is 5.32 Å². The second-order valence-electron chi connectivity index (χ2n) is 2.79. The van der Waals surface area contributed by atoms with E-state index < -0.39 is 11.8 Å². The molecule has 3 nitrogen and oxygen atoms in total. The Morgan fingerprint density at radius 3 is 2.86 bits per heavy atom. The highest BCUT2D eigenvalue weighted by Crippen LogP contribution is 2.15. The van der Waals surface area contributed by atoms with Gasteiger partial charge in [0, 0.05) is 6.54 Å². The SMILES string of the molecule is NC(=O)NCCc1ccc(F)c(Cl)c1. The second kappa shape index (κ2) is 4.81. The van der Waals surface area contributed by atoms with Gasteiger partial charge in [-0.2, -0.15) is 0 Å². The average Bonchev–Trinajstić information content (AvgIpc) is 2.10. The number of primary amides is 1. The number of carbonyl (C=O) groups is 1. The third-order valence-electron chi connectivity index (χ3n) is 1.70. The number of hydrogen-bond donors (Lipinski definition) is 2. The highest BCUT2D eigenvalue weighted by atomic mass is 35.5. The minimum absolute atomic E-state index is 0.0848. The van der Waals surface area contributed by atoms with Crippen LogP contribution in [0.15, 0.2) is 18.2 Å². The lowest BCUT2D eigenvalue weighted by Crippen LogP contribution is -2.30. The Morgan fingerprint density at radius 1 is 1.57 bits per heavy atom. The van der Waals surface area contributed by atoms with E-state index in [9.17, 15) is 9.18 Å². The van der Waals surface area contributed by atoms with Crippen LogP contribution in [0, 0.1) is 5.82 Å². The first-order valence-electron chi connectivity index (χ1n) is 4.07. The zero-order chi connectivity index (χ0) is 10.6. The number of nitrogens with two attached hydrogens (primary N) is 1. The first-order valence-corrected chi connectivity index (χ1v) is 4.44. The van der Waals surface area contributed by atoms with Crippen LogP contribution >= 0.6 is 11.6 Å². The summed E-state index contributed by atoms with van der Waals surface area (Å²) in [6, 6.07) is 3.86. The Bertz CT molecular complexity index is 344. The van der Waals surface area contributed by atoms with Gasteiger partial charge in [0.15, 0.2) is 0 Å². The van der Waals surface area contributed by atoms with Gasteiger partial charge >= 0.3 is 6.03 Å². The van der Waals surface area contributed by atoms with Gasteiger partial charge in [-0.1, -0.05) is 17.7 Å². The van der Waals surface area contributed by atoms with Gasteiger partial charge in [-0.25, -0.2) is 9.18 Å². The largest absolute Gasteiger partial charge is 0.352 e. The van der Waals surface area contributed by atoms with Gasteiger partial charge in [-0.15, -0.1) is 0 Å². The zero-order valence-electron chi connectivity index (χ0n) is 7.39. The average molecular weight is 217 g/mol. The molecule has 0 heterocycles. The van der Waals surface area contributed by atoms with Crippen molar-refractivity contribution < 1.29 is 9.18 Å². The maximum Gasteiger partial charge on any atom is 0.312 e. The third kappa shape index (κ3) is 3.22. The molecule has 1 aromatic carbocycles. The van der Waals surface area contributed by atoms with Crippen molar-refractivity contribution in [2.24, 2.45) is 5.73 Å². The number of amides is 2. The predicted octanol–water partition coefficient (Wildman–Crippen LogP) is 1.69. The summed E-state index contributed by atoms with van der Waals surface area (Å²) in [5.74, 6) is -0.446. The molecule has 1 rings (SSSR count). The lowest BCUT2D eigenvalue weighted by Gasteiger charge is -2.03. The topological polar surface area (TPSA) is 55.1 Å². The van der Waals surface area contributed by atoms with Crippen LogP contribution in [0.2, 0.25) is 5.02 Å². The molecule has 0 saturated heterocycles. The zero-order valence-corrected chi connectivity index (χ0v) is 8.14. The van der Waals surface area contributed by atoms with Crippen molar-refractivity contribution in [2.45, 2.75) is 6.42 Å². The van der Waals surface area contributed by atoms with Crippen LogP contribution in [-0.2, 0) is 6.42 Å². The van der Waals surface area contributed by atoms with Crippen LogP contribution in [0.3, 0.4) is 0 Å². The van der Waals surface area contributed by atoms with Crippen molar-refractivity contribution in [1.29, 1.82) is 0 Å². The smallest absolute Gasteiger partial charge is 0.312 e. The van der Waals surface area contributed by atoms with Crippen LogP contribution in [0.1, 0.15) is 5.56 Å². The van der Waals surface area contributed by atoms with Crippen LogP contribution in [0.4, 0.5) is 9.18 Å². The van der Waals surface area contributed by atoms with Crippen LogP contribution in [0.25, 0.3) is 0 Å². The van der Waals surface area contributed by atoms with Crippen molar-refractivity contribution in [3.63, 3.8) is 0 Å². The van der Waals surface area contributed by atoms with Gasteiger partial charge in [0.2, 0.25) is 0 Å². The van der Waals surface area contributed by atoms with E-state index in [0.717, 1.165) is 5.56 Å². The number of hydrogen-bond acceptors (Lipinski definition) is 1. The molecule has 0 unspecified atom stereocenters. The highest BCUT2D eigenvalue weighted by molar-refractivity contribution is 6.30. The Kier molecular flexibility index (Phi) is 3.71. The van der Waals surface area contributed by atoms with E-state index in [1.807, 2.05) is 0 Å². The summed E-state index contributed by atoms with van der Waals surface area (Å²) >= 11 is 5.57. The molecule has 1 aromatic rings. The van der Waals surface area contributed by atoms with Crippen LogP contribution in [0.5, 0.6) is 0 Å². The molecule has 0 aliphatic rings. The fourth-order valence-electron chi connectivity index (χ4n) is 1.03. The van der Waals surface area contributed by atoms with E-state index in [4.69, 9.17) is 17.3 Å². The molecule has 0 bridgehead atoms. The first-order chi connectivity index (χ1) is 6.59. The fourth-order valence-corrected chi connectivity index (χ4v) is 1.23. The van der Waals surface area contributed by atoms with E-state index >= 15 is 0 Å². The Balaban J connectivity index is 2.51. The van der Waals surface area contributed by atoms with Crippen molar-refractivity contribution in [2.75, 3.05) is 6.54 Å². The molecule has 0 aliphatic carbocycles. The second-order valence-corrected chi connectivity index (χ2v) is 3.20. The molecule has 0 radical (unpaired) electrons. The Hall–Kier alpha value is -1.29. The lowest BCUT2D eigenvalue weighted by molar-refractivity contribution is 0.249. The Morgan fingerprint density at radius 2 is 2.29 bits per heavy atom. The summed E-state index contributed by atoms with van der Waals surface area (Å²) in [6.45, 7) is 0.414. The highest BCUT2D eigenvalue weighted by Gasteiger charge is 2.00. The molecule has 2 amide bonds. The number of urea groups is 1. The van der Waals surface area contributed by atoms with Crippen LogP contribution in [-0.4, -0.2) is 12.6 Å². The summed E-state index contributed by atoms with van der Waals surface area (Å²) < 4.78 is 12.7. The van der Waals surface area contributed by atoms with E-state index in [1.54, 1.807) is 6.07 Å². The summed E-state index contributed by atoms with van der Waals surface area (Å²) in [7, 11) is 0. The molecule has 0 atom stereocenters. The molecule has 0 fully saturated rings.